The molecule has 1 fully saturated rings. The summed E-state index contributed by atoms with van der Waals surface area (Å²) in [5, 5.41) is 0. The lowest BCUT2D eigenvalue weighted by Gasteiger charge is -2.31. The number of likely N-dealkylation sites (tertiary alicyclic amines) is 1. The number of nitrogens with zero attached hydrogens (tertiary/aromatic N) is 2. The first-order chi connectivity index (χ1) is 8.88. The smallest absolute Gasteiger partial charge is 0.191 e. The van der Waals surface area contributed by atoms with E-state index >= 15 is 0 Å². The Morgan fingerprint density at radius 2 is 2.21 bits per heavy atom. The zero-order valence-corrected chi connectivity index (χ0v) is 12.7. The first-order valence-corrected chi connectivity index (χ1v) is 8.75. The average Bonchev–Trinajstić information content (AvgIpc) is 2.32. The van der Waals surface area contributed by atoms with Crippen molar-refractivity contribution in [3.05, 3.63) is 0 Å². The molecule has 0 saturated carbocycles. The van der Waals surface area contributed by atoms with Gasteiger partial charge in [-0.1, -0.05) is 6.92 Å². The van der Waals surface area contributed by atoms with E-state index in [9.17, 15) is 8.42 Å². The highest BCUT2D eigenvalue weighted by molar-refractivity contribution is 7.90. The van der Waals surface area contributed by atoms with Gasteiger partial charge in [0.25, 0.3) is 0 Å². The third kappa shape index (κ3) is 7.37. The Bertz CT molecular complexity index is 395. The van der Waals surface area contributed by atoms with Crippen LogP contribution in [0.4, 0.5) is 0 Å². The maximum Gasteiger partial charge on any atom is 0.191 e. The summed E-state index contributed by atoms with van der Waals surface area (Å²) in [5.41, 5.74) is 5.92. The molecule has 6 nitrogen and oxygen atoms in total. The number of rotatable bonds is 6. The van der Waals surface area contributed by atoms with Gasteiger partial charge in [-0.05, 0) is 18.8 Å². The molecular weight excluding hydrogens is 266 g/mol. The molecule has 7 heteroatoms. The van der Waals surface area contributed by atoms with Crippen molar-refractivity contribution in [1.82, 2.24) is 4.90 Å². The fraction of sp³-hybridized carbons (Fsp3) is 0.917. The van der Waals surface area contributed by atoms with Crippen molar-refractivity contribution in [3.8, 4) is 0 Å². The highest BCUT2D eigenvalue weighted by Crippen LogP contribution is 2.14. The zero-order valence-electron chi connectivity index (χ0n) is 11.8. The maximum atomic E-state index is 10.9. The molecule has 2 N–H and O–H groups in total. The summed E-state index contributed by atoms with van der Waals surface area (Å²) >= 11 is 0. The van der Waals surface area contributed by atoms with Gasteiger partial charge in [0, 0.05) is 19.3 Å². The van der Waals surface area contributed by atoms with E-state index in [1.165, 1.54) is 12.7 Å². The Morgan fingerprint density at radius 3 is 2.84 bits per heavy atom. The second-order valence-corrected chi connectivity index (χ2v) is 7.44. The number of hydrogen-bond acceptors (Lipinski definition) is 4. The van der Waals surface area contributed by atoms with Crippen LogP contribution in [0.3, 0.4) is 0 Å². The fourth-order valence-corrected chi connectivity index (χ4v) is 2.46. The van der Waals surface area contributed by atoms with Crippen molar-refractivity contribution in [2.75, 3.05) is 44.9 Å². The monoisotopic (exact) mass is 291 g/mol. The van der Waals surface area contributed by atoms with Crippen molar-refractivity contribution < 1.29 is 13.2 Å². The van der Waals surface area contributed by atoms with Gasteiger partial charge in [0.1, 0.15) is 9.84 Å². The van der Waals surface area contributed by atoms with E-state index in [4.69, 9.17) is 10.5 Å². The molecule has 1 atom stereocenters. The molecule has 1 unspecified atom stereocenters. The predicted molar refractivity (Wildman–Crippen MR) is 77.0 cm³/mol. The first-order valence-electron chi connectivity index (χ1n) is 6.69. The molecule has 0 aliphatic carbocycles. The number of piperidine rings is 1. The number of guanidine groups is 1. The summed E-state index contributed by atoms with van der Waals surface area (Å²) < 4.78 is 27.0. The zero-order chi connectivity index (χ0) is 14.3. The normalized spacial score (nSPS) is 21.7. The number of ether oxygens (including phenoxy) is 1. The van der Waals surface area contributed by atoms with Crippen LogP contribution in [0, 0.1) is 5.92 Å². The second kappa shape index (κ2) is 7.69. The molecule has 1 saturated heterocycles. The molecule has 0 aromatic carbocycles. The van der Waals surface area contributed by atoms with E-state index in [-0.39, 0.29) is 12.4 Å². The fourth-order valence-electron chi connectivity index (χ4n) is 2.03. The van der Waals surface area contributed by atoms with Gasteiger partial charge in [0.05, 0.1) is 25.5 Å². The van der Waals surface area contributed by atoms with Gasteiger partial charge in [-0.15, -0.1) is 0 Å². The Morgan fingerprint density at radius 1 is 1.47 bits per heavy atom. The minimum atomic E-state index is -2.94. The van der Waals surface area contributed by atoms with Crippen LogP contribution in [0.5, 0.6) is 0 Å². The van der Waals surface area contributed by atoms with Crippen LogP contribution >= 0.6 is 0 Å². The van der Waals surface area contributed by atoms with Crippen molar-refractivity contribution in [2.24, 2.45) is 16.6 Å². The van der Waals surface area contributed by atoms with Crippen molar-refractivity contribution >= 4 is 15.8 Å². The van der Waals surface area contributed by atoms with Crippen LogP contribution < -0.4 is 5.73 Å². The standard InChI is InChI=1S/C12H25N3O3S/c1-11-4-3-6-15(10-11)12(13)14-5-7-18-8-9-19(2,16)17/h11H,3-10H2,1-2H3,(H2,13,14). The van der Waals surface area contributed by atoms with E-state index in [0.717, 1.165) is 19.5 Å². The lowest BCUT2D eigenvalue weighted by atomic mass is 10.0. The second-order valence-electron chi connectivity index (χ2n) is 5.18. The van der Waals surface area contributed by atoms with Gasteiger partial charge in [-0.2, -0.15) is 0 Å². The molecule has 0 spiro atoms. The number of aliphatic imine (C=N–C) groups is 1. The van der Waals surface area contributed by atoms with Crippen LogP contribution in [0.25, 0.3) is 0 Å². The molecule has 0 amide bonds. The molecule has 0 aromatic heterocycles. The minimum Gasteiger partial charge on any atom is -0.378 e. The van der Waals surface area contributed by atoms with E-state index in [0.29, 0.717) is 25.0 Å². The van der Waals surface area contributed by atoms with E-state index in [2.05, 4.69) is 16.8 Å². The number of nitrogens with two attached hydrogens (primary N) is 1. The molecular formula is C12H25N3O3S. The third-order valence-electron chi connectivity index (χ3n) is 3.09. The van der Waals surface area contributed by atoms with E-state index < -0.39 is 9.84 Å². The largest absolute Gasteiger partial charge is 0.378 e. The molecule has 1 aliphatic rings. The van der Waals surface area contributed by atoms with Crippen LogP contribution in [-0.2, 0) is 14.6 Å². The molecule has 0 bridgehead atoms. The van der Waals surface area contributed by atoms with Gasteiger partial charge in [-0.3, -0.25) is 4.99 Å². The molecule has 112 valence electrons. The average molecular weight is 291 g/mol. The van der Waals surface area contributed by atoms with Gasteiger partial charge in [-0.25, -0.2) is 8.42 Å². The number of hydrogen-bond donors (Lipinski definition) is 1. The Hall–Kier alpha value is -0.820. The van der Waals surface area contributed by atoms with Crippen LogP contribution in [0.1, 0.15) is 19.8 Å². The summed E-state index contributed by atoms with van der Waals surface area (Å²) in [7, 11) is -2.94. The Balaban J connectivity index is 2.17. The summed E-state index contributed by atoms with van der Waals surface area (Å²) in [6.07, 6.45) is 3.60. The van der Waals surface area contributed by atoms with Crippen molar-refractivity contribution in [3.63, 3.8) is 0 Å². The van der Waals surface area contributed by atoms with Gasteiger partial charge in [0.2, 0.25) is 0 Å². The van der Waals surface area contributed by atoms with Gasteiger partial charge >= 0.3 is 0 Å². The van der Waals surface area contributed by atoms with Crippen molar-refractivity contribution in [1.29, 1.82) is 0 Å². The Kier molecular flexibility index (Phi) is 6.57. The van der Waals surface area contributed by atoms with Crippen LogP contribution in [-0.4, -0.2) is 64.1 Å². The lowest BCUT2D eigenvalue weighted by molar-refractivity contribution is 0.157. The van der Waals surface area contributed by atoms with Crippen LogP contribution in [0.2, 0.25) is 0 Å². The molecule has 0 radical (unpaired) electrons. The Labute approximate surface area is 115 Å². The van der Waals surface area contributed by atoms with Gasteiger partial charge < -0.3 is 15.4 Å². The molecule has 0 aromatic rings. The predicted octanol–water partition coefficient (Wildman–Crippen LogP) is 0.0942. The SMILES string of the molecule is CC1CCCN(C(N)=NCCOCCS(C)(=O)=O)C1. The van der Waals surface area contributed by atoms with Gasteiger partial charge in [0.15, 0.2) is 5.96 Å². The minimum absolute atomic E-state index is 0.0514. The highest BCUT2D eigenvalue weighted by atomic mass is 32.2. The summed E-state index contributed by atoms with van der Waals surface area (Å²) in [6, 6.07) is 0. The highest BCUT2D eigenvalue weighted by Gasteiger charge is 2.17. The number of sulfone groups is 1. The summed E-state index contributed by atoms with van der Waals surface area (Å²) in [4.78, 5) is 6.36. The lowest BCUT2D eigenvalue weighted by Crippen LogP contribution is -2.43. The first kappa shape index (κ1) is 16.2. The van der Waals surface area contributed by atoms with Crippen molar-refractivity contribution in [2.45, 2.75) is 19.8 Å². The molecule has 1 heterocycles. The quantitative estimate of drug-likeness (QED) is 0.426. The summed E-state index contributed by atoms with van der Waals surface area (Å²) in [5.74, 6) is 1.28. The van der Waals surface area contributed by atoms with E-state index in [1.54, 1.807) is 0 Å². The maximum absolute atomic E-state index is 10.9. The molecule has 1 aliphatic heterocycles. The molecule has 19 heavy (non-hydrogen) atoms. The third-order valence-corrected chi connectivity index (χ3v) is 4.00. The van der Waals surface area contributed by atoms with E-state index in [1.807, 2.05) is 0 Å². The molecule has 1 rings (SSSR count). The summed E-state index contributed by atoms with van der Waals surface area (Å²) in [6.45, 7) is 5.24. The topological polar surface area (TPSA) is 85.0 Å². The van der Waals surface area contributed by atoms with Crippen LogP contribution in [0.15, 0.2) is 4.99 Å².